The molecular formula is C18H19N3O2S. The van der Waals surface area contributed by atoms with E-state index in [1.807, 2.05) is 48.0 Å². The molecule has 1 atom stereocenters. The van der Waals surface area contributed by atoms with Crippen LogP contribution in [-0.2, 0) is 5.60 Å². The van der Waals surface area contributed by atoms with Gasteiger partial charge in [0.15, 0.2) is 0 Å². The van der Waals surface area contributed by atoms with Gasteiger partial charge in [0.1, 0.15) is 5.60 Å². The number of rotatable bonds is 4. The number of nitrogens with zero attached hydrogens (tertiary/aromatic N) is 1. The fourth-order valence-electron chi connectivity index (χ4n) is 2.53. The lowest BCUT2D eigenvalue weighted by Gasteiger charge is -2.23. The smallest absolute Gasteiger partial charge is 0.319 e. The van der Waals surface area contributed by atoms with Crippen molar-refractivity contribution in [3.63, 3.8) is 0 Å². The summed E-state index contributed by atoms with van der Waals surface area (Å²) < 4.78 is 0. The van der Waals surface area contributed by atoms with Crippen LogP contribution in [0.3, 0.4) is 0 Å². The Morgan fingerprint density at radius 3 is 2.96 bits per heavy atom. The predicted octanol–water partition coefficient (Wildman–Crippen LogP) is 3.63. The van der Waals surface area contributed by atoms with Crippen LogP contribution in [0.25, 0.3) is 10.9 Å². The summed E-state index contributed by atoms with van der Waals surface area (Å²) in [6, 6.07) is 9.20. The van der Waals surface area contributed by atoms with Crippen molar-refractivity contribution in [1.29, 1.82) is 0 Å². The Kier molecular flexibility index (Phi) is 4.51. The Balaban J connectivity index is 1.72. The van der Waals surface area contributed by atoms with Crippen LogP contribution in [0.1, 0.15) is 18.1 Å². The number of thiophene rings is 1. The van der Waals surface area contributed by atoms with Gasteiger partial charge in [0.2, 0.25) is 0 Å². The molecule has 1 unspecified atom stereocenters. The topological polar surface area (TPSA) is 74.2 Å². The number of hydrogen-bond donors (Lipinski definition) is 3. The summed E-state index contributed by atoms with van der Waals surface area (Å²) in [5.74, 6) is 0. The lowest BCUT2D eigenvalue weighted by molar-refractivity contribution is 0.0604. The summed E-state index contributed by atoms with van der Waals surface area (Å²) in [5, 5.41) is 20.7. The van der Waals surface area contributed by atoms with Crippen molar-refractivity contribution in [2.45, 2.75) is 19.4 Å². The number of hydrogen-bond acceptors (Lipinski definition) is 4. The number of aryl methyl sites for hydroxylation is 1. The fraction of sp³-hybridized carbons (Fsp3) is 0.222. The van der Waals surface area contributed by atoms with Gasteiger partial charge in [-0.25, -0.2) is 4.79 Å². The molecule has 5 nitrogen and oxygen atoms in total. The van der Waals surface area contributed by atoms with Crippen molar-refractivity contribution in [1.82, 2.24) is 10.3 Å². The number of urea groups is 1. The van der Waals surface area contributed by atoms with Crippen molar-refractivity contribution >= 4 is 34.0 Å². The van der Waals surface area contributed by atoms with Gasteiger partial charge in [0, 0.05) is 11.6 Å². The highest BCUT2D eigenvalue weighted by Crippen LogP contribution is 2.24. The number of fused-ring (bicyclic) bond motifs is 1. The maximum atomic E-state index is 12.2. The molecule has 3 rings (SSSR count). The second-order valence-corrected chi connectivity index (χ2v) is 6.76. The van der Waals surface area contributed by atoms with Gasteiger partial charge < -0.3 is 15.7 Å². The summed E-state index contributed by atoms with van der Waals surface area (Å²) in [6.45, 7) is 3.77. The van der Waals surface area contributed by atoms with Crippen LogP contribution in [0.4, 0.5) is 10.5 Å². The highest BCUT2D eigenvalue weighted by molar-refractivity contribution is 7.08. The van der Waals surface area contributed by atoms with Crippen LogP contribution in [0.5, 0.6) is 0 Å². The number of aromatic nitrogens is 1. The average Bonchev–Trinajstić information content (AvgIpc) is 3.08. The highest BCUT2D eigenvalue weighted by atomic mass is 32.1. The third-order valence-corrected chi connectivity index (χ3v) is 4.52. The molecule has 0 bridgehead atoms. The van der Waals surface area contributed by atoms with E-state index >= 15 is 0 Å². The molecular weight excluding hydrogens is 322 g/mol. The second kappa shape index (κ2) is 6.59. The van der Waals surface area contributed by atoms with E-state index in [-0.39, 0.29) is 12.6 Å². The number of benzene rings is 1. The molecule has 0 saturated heterocycles. The van der Waals surface area contributed by atoms with Crippen LogP contribution in [-0.4, -0.2) is 22.7 Å². The van der Waals surface area contributed by atoms with Crippen LogP contribution in [0, 0.1) is 6.92 Å². The summed E-state index contributed by atoms with van der Waals surface area (Å²) in [7, 11) is 0. The van der Waals surface area contributed by atoms with Gasteiger partial charge in [-0.15, -0.1) is 0 Å². The monoisotopic (exact) mass is 341 g/mol. The van der Waals surface area contributed by atoms with E-state index in [1.54, 1.807) is 13.1 Å². The van der Waals surface area contributed by atoms with Gasteiger partial charge in [-0.3, -0.25) is 4.98 Å². The Hall–Kier alpha value is -2.44. The molecule has 0 saturated carbocycles. The van der Waals surface area contributed by atoms with Gasteiger partial charge in [0.05, 0.1) is 17.7 Å². The van der Waals surface area contributed by atoms with Crippen molar-refractivity contribution < 1.29 is 9.90 Å². The van der Waals surface area contributed by atoms with Gasteiger partial charge in [0.25, 0.3) is 0 Å². The normalized spacial score (nSPS) is 13.5. The minimum Gasteiger partial charge on any atom is -0.384 e. The van der Waals surface area contributed by atoms with Gasteiger partial charge in [-0.2, -0.15) is 11.3 Å². The Morgan fingerprint density at radius 1 is 1.38 bits per heavy atom. The molecule has 0 spiro atoms. The number of carbonyl (C=O) groups is 1. The molecule has 2 heterocycles. The minimum atomic E-state index is -1.11. The van der Waals surface area contributed by atoms with Gasteiger partial charge in [-0.05, 0) is 60.0 Å². The van der Waals surface area contributed by atoms with E-state index in [0.29, 0.717) is 5.69 Å². The first-order chi connectivity index (χ1) is 11.5. The van der Waals surface area contributed by atoms with E-state index < -0.39 is 5.60 Å². The van der Waals surface area contributed by atoms with Crippen molar-refractivity contribution in [3.05, 3.63) is 58.4 Å². The molecule has 2 amide bonds. The molecule has 0 radical (unpaired) electrons. The minimum absolute atomic E-state index is 0.118. The maximum absolute atomic E-state index is 12.2. The quantitative estimate of drug-likeness (QED) is 0.678. The predicted molar refractivity (Wildman–Crippen MR) is 97.4 cm³/mol. The summed E-state index contributed by atoms with van der Waals surface area (Å²) in [6.07, 6.45) is 1.70. The van der Waals surface area contributed by atoms with Gasteiger partial charge >= 0.3 is 6.03 Å². The van der Waals surface area contributed by atoms with E-state index in [4.69, 9.17) is 0 Å². The largest absolute Gasteiger partial charge is 0.384 e. The average molecular weight is 341 g/mol. The third-order valence-electron chi connectivity index (χ3n) is 3.83. The first kappa shape index (κ1) is 16.4. The molecule has 124 valence electrons. The molecule has 0 aliphatic carbocycles. The molecule has 24 heavy (non-hydrogen) atoms. The first-order valence-electron chi connectivity index (χ1n) is 7.61. The second-order valence-electron chi connectivity index (χ2n) is 5.98. The lowest BCUT2D eigenvalue weighted by Crippen LogP contribution is -2.40. The van der Waals surface area contributed by atoms with Crippen molar-refractivity contribution in [2.24, 2.45) is 0 Å². The molecule has 3 N–H and O–H groups in total. The van der Waals surface area contributed by atoms with Crippen LogP contribution in [0.15, 0.2) is 47.3 Å². The van der Waals surface area contributed by atoms with Crippen LogP contribution in [0.2, 0.25) is 0 Å². The number of carbonyl (C=O) groups excluding carboxylic acids is 1. The number of anilines is 1. The lowest BCUT2D eigenvalue weighted by atomic mass is 9.99. The van der Waals surface area contributed by atoms with Gasteiger partial charge in [-0.1, -0.05) is 6.07 Å². The molecule has 2 aromatic heterocycles. The summed E-state index contributed by atoms with van der Waals surface area (Å²) >= 11 is 1.51. The van der Waals surface area contributed by atoms with Crippen molar-refractivity contribution in [3.8, 4) is 0 Å². The number of nitrogens with one attached hydrogen (secondary N) is 2. The zero-order valence-electron chi connectivity index (χ0n) is 13.5. The van der Waals surface area contributed by atoms with Crippen molar-refractivity contribution in [2.75, 3.05) is 11.9 Å². The standard InChI is InChI=1S/C18H19N3O2S/c1-12-8-13-4-3-6-19-16(13)15(9-12)21-17(22)20-11-18(2,23)14-5-7-24-10-14/h3-10,23H,11H2,1-2H3,(H2,20,21,22). The number of amides is 2. The Morgan fingerprint density at radius 2 is 2.21 bits per heavy atom. The molecule has 0 fully saturated rings. The summed E-state index contributed by atoms with van der Waals surface area (Å²) in [5.41, 5.74) is 2.11. The third kappa shape index (κ3) is 3.55. The van der Waals surface area contributed by atoms with Crippen LogP contribution < -0.4 is 10.6 Å². The van der Waals surface area contributed by atoms with E-state index in [0.717, 1.165) is 22.0 Å². The highest BCUT2D eigenvalue weighted by Gasteiger charge is 2.24. The zero-order chi connectivity index (χ0) is 17.2. The Labute approximate surface area is 144 Å². The Bertz CT molecular complexity index is 860. The first-order valence-corrected chi connectivity index (χ1v) is 8.55. The summed E-state index contributed by atoms with van der Waals surface area (Å²) in [4.78, 5) is 16.6. The SMILES string of the molecule is Cc1cc(NC(=O)NCC(C)(O)c2ccsc2)c2ncccc2c1. The molecule has 1 aromatic carbocycles. The van der Waals surface area contributed by atoms with Crippen LogP contribution >= 0.6 is 11.3 Å². The fourth-order valence-corrected chi connectivity index (χ4v) is 3.31. The number of pyridine rings is 1. The maximum Gasteiger partial charge on any atom is 0.319 e. The van der Waals surface area contributed by atoms with E-state index in [2.05, 4.69) is 15.6 Å². The molecule has 6 heteroatoms. The molecule has 0 aliphatic heterocycles. The molecule has 3 aromatic rings. The van der Waals surface area contributed by atoms with E-state index in [1.165, 1.54) is 11.3 Å². The zero-order valence-corrected chi connectivity index (χ0v) is 14.4. The molecule has 0 aliphatic rings. The number of aliphatic hydroxyl groups is 1. The van der Waals surface area contributed by atoms with E-state index in [9.17, 15) is 9.90 Å².